The van der Waals surface area contributed by atoms with E-state index in [0.717, 1.165) is 86.5 Å². The van der Waals surface area contributed by atoms with E-state index in [0.29, 0.717) is 0 Å². The van der Waals surface area contributed by atoms with Crippen molar-refractivity contribution in [1.82, 2.24) is 0 Å². The Morgan fingerprint density at radius 3 is 1.24 bits per heavy atom. The van der Waals surface area contributed by atoms with Gasteiger partial charge in [0.2, 0.25) is 0 Å². The quantitative estimate of drug-likeness (QED) is 0.184. The van der Waals surface area contributed by atoms with E-state index in [4.69, 9.17) is 0 Å². The molecular formula is C32H18O2. The SMILES string of the molecule is Cc1ccc2c(c1)c(=O)c1ccc3cc4c5ccc(C)cc5c(=O)c5ccc6cc2c1c3c6c54. The lowest BCUT2D eigenvalue weighted by Gasteiger charge is -2.18. The van der Waals surface area contributed by atoms with Crippen LogP contribution in [0.2, 0.25) is 0 Å². The summed E-state index contributed by atoms with van der Waals surface area (Å²) >= 11 is 0. The molecule has 0 aliphatic carbocycles. The molecule has 0 aliphatic heterocycles. The van der Waals surface area contributed by atoms with Crippen molar-refractivity contribution in [2.24, 2.45) is 0 Å². The topological polar surface area (TPSA) is 34.1 Å². The molecule has 0 unspecified atom stereocenters. The van der Waals surface area contributed by atoms with Crippen molar-refractivity contribution < 1.29 is 0 Å². The highest BCUT2D eigenvalue weighted by Gasteiger charge is 2.21. The largest absolute Gasteiger partial charge is 0.289 e. The van der Waals surface area contributed by atoms with E-state index in [1.807, 2.05) is 38.1 Å². The molecule has 2 heteroatoms. The van der Waals surface area contributed by atoms with Gasteiger partial charge in [-0.1, -0.05) is 47.5 Å². The third kappa shape index (κ3) is 1.99. The smallest absolute Gasteiger partial charge is 0.194 e. The van der Waals surface area contributed by atoms with Crippen LogP contribution in [0.4, 0.5) is 0 Å². The minimum absolute atomic E-state index is 0.0774. The summed E-state index contributed by atoms with van der Waals surface area (Å²) in [5, 5.41) is 13.6. The Labute approximate surface area is 193 Å². The van der Waals surface area contributed by atoms with Gasteiger partial charge in [0.1, 0.15) is 0 Å². The third-order valence-electron chi connectivity index (χ3n) is 7.77. The average molecular weight is 434 g/mol. The average Bonchev–Trinajstić information content (AvgIpc) is 2.84. The van der Waals surface area contributed by atoms with Crippen LogP contribution in [0, 0.1) is 13.8 Å². The molecule has 8 aromatic carbocycles. The first-order valence-corrected chi connectivity index (χ1v) is 11.6. The van der Waals surface area contributed by atoms with E-state index < -0.39 is 0 Å². The monoisotopic (exact) mass is 434 g/mol. The summed E-state index contributed by atoms with van der Waals surface area (Å²) in [4.78, 5) is 27.1. The van der Waals surface area contributed by atoms with Crippen molar-refractivity contribution in [3.8, 4) is 0 Å². The fourth-order valence-electron chi connectivity index (χ4n) is 6.29. The Morgan fingerprint density at radius 2 is 0.794 bits per heavy atom. The molecular weight excluding hydrogens is 416 g/mol. The van der Waals surface area contributed by atoms with E-state index in [1.54, 1.807) is 0 Å². The molecule has 0 N–H and O–H groups in total. The summed E-state index contributed by atoms with van der Waals surface area (Å²) in [6.45, 7) is 4.05. The lowest BCUT2D eigenvalue weighted by molar-refractivity contribution is 1.50. The van der Waals surface area contributed by atoms with Gasteiger partial charge in [0.25, 0.3) is 0 Å². The van der Waals surface area contributed by atoms with Crippen LogP contribution in [-0.2, 0) is 0 Å². The number of benzene rings is 8. The van der Waals surface area contributed by atoms with Gasteiger partial charge in [-0.15, -0.1) is 0 Å². The van der Waals surface area contributed by atoms with Crippen LogP contribution in [0.1, 0.15) is 11.1 Å². The summed E-state index contributed by atoms with van der Waals surface area (Å²) in [6, 6.07) is 24.8. The molecule has 0 aliphatic rings. The van der Waals surface area contributed by atoms with Crippen molar-refractivity contribution in [2.75, 3.05) is 0 Å². The van der Waals surface area contributed by atoms with Crippen LogP contribution in [0.3, 0.4) is 0 Å². The summed E-state index contributed by atoms with van der Waals surface area (Å²) < 4.78 is 0. The van der Waals surface area contributed by atoms with E-state index in [9.17, 15) is 9.59 Å². The first kappa shape index (κ1) is 18.2. The number of hydrogen-bond donors (Lipinski definition) is 0. The summed E-state index contributed by atoms with van der Waals surface area (Å²) in [6.07, 6.45) is 0. The minimum atomic E-state index is 0.0774. The Bertz CT molecular complexity index is 2110. The molecule has 0 amide bonds. The van der Waals surface area contributed by atoms with Gasteiger partial charge < -0.3 is 0 Å². The molecule has 0 atom stereocenters. The molecule has 8 aromatic rings. The van der Waals surface area contributed by atoms with Crippen LogP contribution in [0.5, 0.6) is 0 Å². The van der Waals surface area contributed by atoms with Gasteiger partial charge in [0.15, 0.2) is 10.9 Å². The van der Waals surface area contributed by atoms with E-state index in [2.05, 4.69) is 48.5 Å². The minimum Gasteiger partial charge on any atom is -0.289 e. The van der Waals surface area contributed by atoms with Gasteiger partial charge in [0.05, 0.1) is 0 Å². The van der Waals surface area contributed by atoms with Crippen molar-refractivity contribution in [3.63, 3.8) is 0 Å². The van der Waals surface area contributed by atoms with Crippen LogP contribution in [0.25, 0.3) is 75.4 Å². The van der Waals surface area contributed by atoms with E-state index in [1.165, 1.54) is 0 Å². The van der Waals surface area contributed by atoms with E-state index in [-0.39, 0.29) is 10.9 Å². The lowest BCUT2D eigenvalue weighted by Crippen LogP contribution is -2.06. The molecule has 0 aromatic heterocycles. The van der Waals surface area contributed by atoms with Gasteiger partial charge in [-0.25, -0.2) is 0 Å². The second-order valence-corrected chi connectivity index (χ2v) is 9.78. The number of hydrogen-bond acceptors (Lipinski definition) is 2. The molecule has 34 heavy (non-hydrogen) atoms. The predicted octanol–water partition coefficient (Wildman–Crippen LogP) is 7.41. The highest BCUT2D eigenvalue weighted by molar-refractivity contribution is 6.40. The molecule has 0 saturated carbocycles. The highest BCUT2D eigenvalue weighted by atomic mass is 16.1. The highest BCUT2D eigenvalue weighted by Crippen LogP contribution is 2.45. The third-order valence-corrected chi connectivity index (χ3v) is 7.77. The summed E-state index contributed by atoms with van der Waals surface area (Å²) in [5.74, 6) is 0. The molecule has 158 valence electrons. The Hall–Kier alpha value is -4.30. The molecule has 0 bridgehead atoms. The zero-order valence-corrected chi connectivity index (χ0v) is 18.7. The fraction of sp³-hybridized carbons (Fsp3) is 0.0625. The predicted molar refractivity (Wildman–Crippen MR) is 145 cm³/mol. The van der Waals surface area contributed by atoms with Crippen LogP contribution < -0.4 is 10.9 Å². The summed E-state index contributed by atoms with van der Waals surface area (Å²) in [7, 11) is 0. The van der Waals surface area contributed by atoms with Crippen molar-refractivity contribution >= 4 is 75.4 Å². The Kier molecular flexibility index (Phi) is 3.09. The number of fused-ring (bicyclic) bond motifs is 4. The van der Waals surface area contributed by atoms with Crippen molar-refractivity contribution in [3.05, 3.63) is 104 Å². The maximum Gasteiger partial charge on any atom is 0.194 e. The molecule has 0 spiro atoms. The lowest BCUT2D eigenvalue weighted by atomic mass is 9.83. The molecule has 0 saturated heterocycles. The molecule has 0 fully saturated rings. The number of rotatable bonds is 0. The van der Waals surface area contributed by atoms with Gasteiger partial charge in [-0.2, -0.15) is 0 Å². The summed E-state index contributed by atoms with van der Waals surface area (Å²) in [5.41, 5.74) is 2.32. The molecule has 8 rings (SSSR count). The maximum atomic E-state index is 13.6. The zero-order valence-electron chi connectivity index (χ0n) is 18.7. The van der Waals surface area contributed by atoms with Gasteiger partial charge in [-0.05, 0) is 93.3 Å². The van der Waals surface area contributed by atoms with Crippen LogP contribution >= 0.6 is 0 Å². The van der Waals surface area contributed by atoms with Crippen molar-refractivity contribution in [1.29, 1.82) is 0 Å². The second kappa shape index (κ2) is 5.78. The van der Waals surface area contributed by atoms with Crippen molar-refractivity contribution in [2.45, 2.75) is 13.8 Å². The van der Waals surface area contributed by atoms with E-state index >= 15 is 0 Å². The first-order chi connectivity index (χ1) is 16.5. The van der Waals surface area contributed by atoms with Gasteiger partial charge in [0, 0.05) is 32.3 Å². The molecule has 2 nitrogen and oxygen atoms in total. The van der Waals surface area contributed by atoms with Crippen LogP contribution in [0.15, 0.2) is 82.4 Å². The standard InChI is InChI=1S/C32H18O2/c1-15-3-7-19-23-13-17-6-10-22-30-24(20-8-4-16(2)12-26(20)32(22)34)14-18-5-9-21(31(33)25(19)11-15)29(23)27(18)28(17)30/h3-14H,1-2H3. The van der Waals surface area contributed by atoms with Gasteiger partial charge in [-0.3, -0.25) is 9.59 Å². The van der Waals surface area contributed by atoms with Crippen LogP contribution in [-0.4, -0.2) is 0 Å². The maximum absolute atomic E-state index is 13.6. The number of aryl methyl sites for hydroxylation is 2. The normalized spacial score (nSPS) is 12.6. The Morgan fingerprint density at radius 1 is 0.382 bits per heavy atom. The molecule has 0 radical (unpaired) electrons. The van der Waals surface area contributed by atoms with Gasteiger partial charge >= 0.3 is 0 Å². The second-order valence-electron chi connectivity index (χ2n) is 9.78. The zero-order chi connectivity index (χ0) is 22.9. The fourth-order valence-corrected chi connectivity index (χ4v) is 6.29. The molecule has 0 heterocycles. The Balaban J connectivity index is 1.76. The first-order valence-electron chi connectivity index (χ1n) is 11.6.